The Morgan fingerprint density at radius 2 is 1.80 bits per heavy atom. The van der Waals surface area contributed by atoms with E-state index < -0.39 is 0 Å². The molecule has 3 unspecified atom stereocenters. The summed E-state index contributed by atoms with van der Waals surface area (Å²) in [7, 11) is 0. The molecule has 0 radical (unpaired) electrons. The van der Waals surface area contributed by atoms with Gasteiger partial charge in [-0.15, -0.1) is 0 Å². The molecule has 1 heteroatoms. The van der Waals surface area contributed by atoms with E-state index >= 15 is 0 Å². The minimum absolute atomic E-state index is 0.242. The molecular weight excluding hydrogens is 242 g/mol. The van der Waals surface area contributed by atoms with E-state index in [4.69, 9.17) is 0 Å². The fourth-order valence-electron chi connectivity index (χ4n) is 3.76. The van der Waals surface area contributed by atoms with Gasteiger partial charge in [-0.2, -0.15) is 0 Å². The second-order valence-corrected chi connectivity index (χ2v) is 7.39. The van der Waals surface area contributed by atoms with Crippen molar-refractivity contribution in [1.29, 1.82) is 0 Å². The highest BCUT2D eigenvalue weighted by Crippen LogP contribution is 2.30. The first kappa shape index (κ1) is 15.6. The zero-order chi connectivity index (χ0) is 14.6. The van der Waals surface area contributed by atoms with Crippen molar-refractivity contribution in [3.8, 4) is 0 Å². The van der Waals surface area contributed by atoms with Crippen LogP contribution in [-0.2, 0) is 5.41 Å². The Bertz CT molecular complexity index is 395. The molecule has 1 nitrogen and oxygen atoms in total. The molecular formula is C19H31N. The van der Waals surface area contributed by atoms with E-state index in [0.717, 1.165) is 12.0 Å². The highest BCUT2D eigenvalue weighted by molar-refractivity contribution is 5.23. The van der Waals surface area contributed by atoms with E-state index in [2.05, 4.69) is 63.3 Å². The van der Waals surface area contributed by atoms with Crippen LogP contribution in [0.15, 0.2) is 30.3 Å². The third kappa shape index (κ3) is 4.09. The van der Waals surface area contributed by atoms with Crippen molar-refractivity contribution in [2.45, 2.75) is 77.3 Å². The minimum Gasteiger partial charge on any atom is -0.311 e. The average Bonchev–Trinajstić information content (AvgIpc) is 2.42. The van der Waals surface area contributed by atoms with Gasteiger partial charge in [0.25, 0.3) is 0 Å². The molecule has 0 bridgehead atoms. The topological polar surface area (TPSA) is 12.0 Å². The van der Waals surface area contributed by atoms with Crippen LogP contribution in [0.1, 0.15) is 65.4 Å². The van der Waals surface area contributed by atoms with E-state index in [-0.39, 0.29) is 5.41 Å². The fraction of sp³-hybridized carbons (Fsp3) is 0.684. The summed E-state index contributed by atoms with van der Waals surface area (Å²) >= 11 is 0. The van der Waals surface area contributed by atoms with Crippen molar-refractivity contribution < 1.29 is 0 Å². The zero-order valence-electron chi connectivity index (χ0n) is 13.7. The first-order valence-electron chi connectivity index (χ1n) is 8.30. The number of benzene rings is 1. The zero-order valence-corrected chi connectivity index (χ0v) is 13.7. The minimum atomic E-state index is 0.242. The Kier molecular flexibility index (Phi) is 5.26. The van der Waals surface area contributed by atoms with E-state index in [1.807, 2.05) is 0 Å². The Labute approximate surface area is 125 Å². The Balaban J connectivity index is 1.91. The van der Waals surface area contributed by atoms with Gasteiger partial charge >= 0.3 is 0 Å². The summed E-state index contributed by atoms with van der Waals surface area (Å²) in [6.07, 6.45) is 6.77. The first-order valence-corrected chi connectivity index (χ1v) is 8.30. The highest BCUT2D eigenvalue weighted by atomic mass is 15.0. The molecule has 1 aromatic rings. The predicted octanol–water partition coefficient (Wildman–Crippen LogP) is 4.91. The summed E-state index contributed by atoms with van der Waals surface area (Å²) in [6, 6.07) is 12.2. The molecule has 112 valence electrons. The SMILES string of the molecule is CC(CC(C)(C)c1ccccc1)NC1CCCCC1C. The summed E-state index contributed by atoms with van der Waals surface area (Å²) in [5, 5.41) is 3.89. The lowest BCUT2D eigenvalue weighted by molar-refractivity contribution is 0.246. The van der Waals surface area contributed by atoms with Gasteiger partial charge in [-0.05, 0) is 43.1 Å². The standard InChI is InChI=1S/C19H31N/c1-15-10-8-9-13-18(15)20-16(2)14-19(3,4)17-11-6-5-7-12-17/h5-7,11-12,15-16,18,20H,8-10,13-14H2,1-4H3. The Hall–Kier alpha value is -0.820. The van der Waals surface area contributed by atoms with Crippen molar-refractivity contribution >= 4 is 0 Å². The van der Waals surface area contributed by atoms with Gasteiger partial charge in [0, 0.05) is 12.1 Å². The van der Waals surface area contributed by atoms with Crippen LogP contribution in [0.2, 0.25) is 0 Å². The summed E-state index contributed by atoms with van der Waals surface area (Å²) in [5.74, 6) is 0.839. The van der Waals surface area contributed by atoms with Crippen molar-refractivity contribution in [3.63, 3.8) is 0 Å². The van der Waals surface area contributed by atoms with Gasteiger partial charge in [0.15, 0.2) is 0 Å². The molecule has 0 aliphatic heterocycles. The van der Waals surface area contributed by atoms with Crippen LogP contribution in [0.5, 0.6) is 0 Å². The monoisotopic (exact) mass is 273 g/mol. The number of hydrogen-bond donors (Lipinski definition) is 1. The molecule has 1 aliphatic carbocycles. The van der Waals surface area contributed by atoms with Crippen LogP contribution in [0.25, 0.3) is 0 Å². The van der Waals surface area contributed by atoms with Gasteiger partial charge in [-0.25, -0.2) is 0 Å². The van der Waals surface area contributed by atoms with Gasteiger partial charge in [0.05, 0.1) is 0 Å². The maximum absolute atomic E-state index is 3.89. The molecule has 1 fully saturated rings. The molecule has 1 aliphatic rings. The molecule has 0 aromatic heterocycles. The Morgan fingerprint density at radius 3 is 2.45 bits per heavy atom. The van der Waals surface area contributed by atoms with E-state index in [9.17, 15) is 0 Å². The molecule has 1 aromatic carbocycles. The lowest BCUT2D eigenvalue weighted by Gasteiger charge is -2.35. The molecule has 1 N–H and O–H groups in total. The lowest BCUT2D eigenvalue weighted by Crippen LogP contribution is -2.44. The third-order valence-electron chi connectivity index (χ3n) is 4.98. The summed E-state index contributed by atoms with van der Waals surface area (Å²) in [5.41, 5.74) is 1.69. The molecule has 3 atom stereocenters. The van der Waals surface area contributed by atoms with Crippen molar-refractivity contribution in [2.75, 3.05) is 0 Å². The molecule has 1 saturated carbocycles. The molecule has 0 saturated heterocycles. The van der Waals surface area contributed by atoms with Gasteiger partial charge in [-0.1, -0.05) is 63.9 Å². The average molecular weight is 273 g/mol. The molecule has 2 rings (SSSR count). The van der Waals surface area contributed by atoms with Crippen molar-refractivity contribution in [2.24, 2.45) is 5.92 Å². The second-order valence-electron chi connectivity index (χ2n) is 7.39. The van der Waals surface area contributed by atoms with Crippen LogP contribution < -0.4 is 5.32 Å². The Morgan fingerprint density at radius 1 is 1.15 bits per heavy atom. The van der Waals surface area contributed by atoms with Crippen LogP contribution in [0, 0.1) is 5.92 Å². The van der Waals surface area contributed by atoms with E-state index in [1.54, 1.807) is 0 Å². The van der Waals surface area contributed by atoms with Crippen LogP contribution in [-0.4, -0.2) is 12.1 Å². The largest absolute Gasteiger partial charge is 0.311 e. The van der Waals surface area contributed by atoms with Crippen molar-refractivity contribution in [3.05, 3.63) is 35.9 Å². The summed E-state index contributed by atoms with van der Waals surface area (Å²) in [4.78, 5) is 0. The summed E-state index contributed by atoms with van der Waals surface area (Å²) < 4.78 is 0. The van der Waals surface area contributed by atoms with Gasteiger partial charge < -0.3 is 5.32 Å². The quantitative estimate of drug-likeness (QED) is 0.803. The predicted molar refractivity (Wildman–Crippen MR) is 88.1 cm³/mol. The third-order valence-corrected chi connectivity index (χ3v) is 4.98. The second kappa shape index (κ2) is 6.76. The highest BCUT2D eigenvalue weighted by Gasteiger charge is 2.27. The van der Waals surface area contributed by atoms with Gasteiger partial charge in [-0.3, -0.25) is 0 Å². The molecule has 20 heavy (non-hydrogen) atoms. The maximum Gasteiger partial charge on any atom is 0.00951 e. The van der Waals surface area contributed by atoms with Crippen LogP contribution in [0.4, 0.5) is 0 Å². The van der Waals surface area contributed by atoms with Crippen LogP contribution >= 0.6 is 0 Å². The van der Waals surface area contributed by atoms with Gasteiger partial charge in [0.1, 0.15) is 0 Å². The van der Waals surface area contributed by atoms with E-state index in [1.165, 1.54) is 37.7 Å². The number of hydrogen-bond acceptors (Lipinski definition) is 1. The fourth-order valence-corrected chi connectivity index (χ4v) is 3.76. The lowest BCUT2D eigenvalue weighted by atomic mass is 9.78. The van der Waals surface area contributed by atoms with Crippen LogP contribution in [0.3, 0.4) is 0 Å². The molecule has 0 heterocycles. The van der Waals surface area contributed by atoms with Crippen molar-refractivity contribution in [1.82, 2.24) is 5.32 Å². The number of rotatable bonds is 5. The molecule has 0 spiro atoms. The van der Waals surface area contributed by atoms with E-state index in [0.29, 0.717) is 6.04 Å². The number of nitrogens with one attached hydrogen (secondary N) is 1. The first-order chi connectivity index (χ1) is 9.49. The van der Waals surface area contributed by atoms with Gasteiger partial charge in [0.2, 0.25) is 0 Å². The maximum atomic E-state index is 3.89. The molecule has 0 amide bonds. The smallest absolute Gasteiger partial charge is 0.00951 e. The summed E-state index contributed by atoms with van der Waals surface area (Å²) in [6.45, 7) is 9.49. The normalized spacial score (nSPS) is 25.4.